The van der Waals surface area contributed by atoms with E-state index in [1.54, 1.807) is 48.5 Å². The first kappa shape index (κ1) is 25.7. The van der Waals surface area contributed by atoms with E-state index in [0.717, 1.165) is 0 Å². The molecule has 0 bridgehead atoms. The van der Waals surface area contributed by atoms with Crippen molar-refractivity contribution < 1.29 is 32.3 Å². The Morgan fingerprint density at radius 2 is 1.64 bits per heavy atom. The molecule has 1 saturated heterocycles. The average Bonchev–Trinajstić information content (AvgIpc) is 3.58. The number of rotatable bonds is 8. The first-order valence-corrected chi connectivity index (χ1v) is 12.1. The Hall–Kier alpha value is -4.99. The van der Waals surface area contributed by atoms with Gasteiger partial charge in [-0.1, -0.05) is 36.4 Å². The van der Waals surface area contributed by atoms with E-state index in [0.29, 0.717) is 22.4 Å². The number of furan rings is 1. The number of cyclic esters (lactones) is 1. The molecule has 198 valence electrons. The van der Waals surface area contributed by atoms with Crippen LogP contribution < -0.4 is 10.6 Å². The summed E-state index contributed by atoms with van der Waals surface area (Å²) in [5, 5.41) is 5.49. The molecule has 2 heterocycles. The lowest BCUT2D eigenvalue weighted by atomic mass is 10.00. The van der Waals surface area contributed by atoms with Crippen molar-refractivity contribution in [3.63, 3.8) is 0 Å². The van der Waals surface area contributed by atoms with Crippen LogP contribution in [-0.4, -0.2) is 28.8 Å². The quantitative estimate of drug-likeness (QED) is 0.326. The molecule has 4 aromatic rings. The first-order valence-electron chi connectivity index (χ1n) is 12.1. The Labute approximate surface area is 222 Å². The molecule has 2 unspecified atom stereocenters. The van der Waals surface area contributed by atoms with E-state index in [4.69, 9.17) is 9.15 Å². The van der Waals surface area contributed by atoms with Gasteiger partial charge in [0.2, 0.25) is 5.91 Å². The van der Waals surface area contributed by atoms with Gasteiger partial charge >= 0.3 is 6.09 Å². The summed E-state index contributed by atoms with van der Waals surface area (Å²) in [5.41, 5.74) is 2.14. The maximum atomic E-state index is 13.8. The summed E-state index contributed by atoms with van der Waals surface area (Å²) in [6.07, 6.45) is -0.320. The largest absolute Gasteiger partial charge is 0.459 e. The SMILES string of the molecule is O=C(Nc1ccc(C2OC(=O)N(Cc3cccc(F)c3)C2C(=O)NCc2ccc(F)cc2)cc1)c1ccco1. The highest BCUT2D eigenvalue weighted by atomic mass is 19.1. The van der Waals surface area contributed by atoms with Crippen molar-refractivity contribution in [1.29, 1.82) is 0 Å². The summed E-state index contributed by atoms with van der Waals surface area (Å²) < 4.78 is 37.8. The maximum absolute atomic E-state index is 13.8. The first-order chi connectivity index (χ1) is 18.9. The van der Waals surface area contributed by atoms with Gasteiger partial charge in [0.1, 0.15) is 11.6 Å². The van der Waals surface area contributed by atoms with Crippen LogP contribution in [0.25, 0.3) is 0 Å². The Bertz CT molecular complexity index is 1470. The second-order valence-electron chi connectivity index (χ2n) is 8.90. The second kappa shape index (κ2) is 11.2. The Balaban J connectivity index is 1.37. The lowest BCUT2D eigenvalue weighted by Crippen LogP contribution is -2.46. The fourth-order valence-electron chi connectivity index (χ4n) is 4.29. The minimum Gasteiger partial charge on any atom is -0.459 e. The number of hydrogen-bond donors (Lipinski definition) is 2. The number of carbonyl (C=O) groups is 3. The Morgan fingerprint density at radius 3 is 2.33 bits per heavy atom. The van der Waals surface area contributed by atoms with Gasteiger partial charge in [-0.2, -0.15) is 0 Å². The van der Waals surface area contributed by atoms with Gasteiger partial charge in [-0.05, 0) is 65.2 Å². The topological polar surface area (TPSA) is 101 Å². The van der Waals surface area contributed by atoms with Crippen molar-refractivity contribution in [3.8, 4) is 0 Å². The zero-order valence-corrected chi connectivity index (χ0v) is 20.5. The molecule has 0 radical (unpaired) electrons. The smallest absolute Gasteiger partial charge is 0.411 e. The number of nitrogens with zero attached hydrogens (tertiary/aromatic N) is 1. The lowest BCUT2D eigenvalue weighted by molar-refractivity contribution is -0.126. The summed E-state index contributed by atoms with van der Waals surface area (Å²) in [6.45, 7) is 0.0428. The fraction of sp³-hybridized carbons (Fsp3) is 0.138. The van der Waals surface area contributed by atoms with Gasteiger partial charge in [-0.25, -0.2) is 13.6 Å². The van der Waals surface area contributed by atoms with Gasteiger partial charge in [-0.3, -0.25) is 14.5 Å². The number of hydrogen-bond acceptors (Lipinski definition) is 5. The van der Waals surface area contributed by atoms with Crippen LogP contribution in [0.1, 0.15) is 33.3 Å². The molecule has 1 aliphatic heterocycles. The zero-order valence-electron chi connectivity index (χ0n) is 20.5. The average molecular weight is 532 g/mol. The number of benzene rings is 3. The normalized spacial score (nSPS) is 16.6. The van der Waals surface area contributed by atoms with Crippen LogP contribution in [0.3, 0.4) is 0 Å². The van der Waals surface area contributed by atoms with Crippen LogP contribution in [0, 0.1) is 11.6 Å². The molecule has 2 atom stereocenters. The van der Waals surface area contributed by atoms with Crippen LogP contribution >= 0.6 is 0 Å². The van der Waals surface area contributed by atoms with Crippen molar-refractivity contribution in [3.05, 3.63) is 125 Å². The molecule has 0 saturated carbocycles. The molecular formula is C29H23F2N3O5. The Morgan fingerprint density at radius 1 is 0.872 bits per heavy atom. The highest BCUT2D eigenvalue weighted by Crippen LogP contribution is 2.34. The number of carbonyl (C=O) groups excluding carboxylic acids is 3. The van der Waals surface area contributed by atoms with Crippen molar-refractivity contribution >= 4 is 23.6 Å². The van der Waals surface area contributed by atoms with Gasteiger partial charge in [0.15, 0.2) is 17.9 Å². The minimum absolute atomic E-state index is 0.0565. The maximum Gasteiger partial charge on any atom is 0.411 e. The summed E-state index contributed by atoms with van der Waals surface area (Å²) in [7, 11) is 0. The monoisotopic (exact) mass is 531 g/mol. The van der Waals surface area contributed by atoms with Crippen molar-refractivity contribution in [2.75, 3.05) is 5.32 Å². The molecule has 0 spiro atoms. The fourth-order valence-corrected chi connectivity index (χ4v) is 4.29. The molecule has 8 nitrogen and oxygen atoms in total. The molecule has 10 heteroatoms. The van der Waals surface area contributed by atoms with Gasteiger partial charge in [0.05, 0.1) is 12.8 Å². The van der Waals surface area contributed by atoms with Crippen molar-refractivity contribution in [2.45, 2.75) is 25.2 Å². The predicted molar refractivity (Wildman–Crippen MR) is 136 cm³/mol. The molecule has 5 rings (SSSR count). The van der Waals surface area contributed by atoms with E-state index < -0.39 is 41.7 Å². The third-order valence-electron chi connectivity index (χ3n) is 6.22. The van der Waals surface area contributed by atoms with Gasteiger partial charge in [0.25, 0.3) is 5.91 Å². The van der Waals surface area contributed by atoms with Crippen molar-refractivity contribution in [2.24, 2.45) is 0 Å². The van der Waals surface area contributed by atoms with Crippen LogP contribution in [0.5, 0.6) is 0 Å². The van der Waals surface area contributed by atoms with Gasteiger partial charge in [-0.15, -0.1) is 0 Å². The van der Waals surface area contributed by atoms with Crippen molar-refractivity contribution in [1.82, 2.24) is 10.2 Å². The lowest BCUT2D eigenvalue weighted by Gasteiger charge is -2.24. The molecule has 1 aromatic heterocycles. The molecule has 1 aliphatic rings. The summed E-state index contributed by atoms with van der Waals surface area (Å²) in [5.74, 6) is -1.65. The minimum atomic E-state index is -1.08. The molecule has 1 fully saturated rings. The molecule has 0 aliphatic carbocycles. The van der Waals surface area contributed by atoms with Gasteiger partial charge < -0.3 is 19.8 Å². The molecular weight excluding hydrogens is 508 g/mol. The Kier molecular flexibility index (Phi) is 7.35. The number of anilines is 1. The highest BCUT2D eigenvalue weighted by molar-refractivity contribution is 6.02. The molecule has 3 amide bonds. The zero-order chi connectivity index (χ0) is 27.4. The summed E-state index contributed by atoms with van der Waals surface area (Å²) >= 11 is 0. The van der Waals surface area contributed by atoms with E-state index in [1.165, 1.54) is 47.6 Å². The molecule has 2 N–H and O–H groups in total. The van der Waals surface area contributed by atoms with E-state index >= 15 is 0 Å². The number of nitrogens with one attached hydrogen (secondary N) is 2. The second-order valence-corrected chi connectivity index (χ2v) is 8.90. The third-order valence-corrected chi connectivity index (χ3v) is 6.22. The number of halogens is 2. The number of ether oxygens (including phenoxy) is 1. The molecule has 3 aromatic carbocycles. The summed E-state index contributed by atoms with van der Waals surface area (Å²) in [6, 6.07) is 20.0. The summed E-state index contributed by atoms with van der Waals surface area (Å²) in [4.78, 5) is 39.9. The van der Waals surface area contributed by atoms with E-state index in [2.05, 4.69) is 10.6 Å². The van der Waals surface area contributed by atoms with Crippen LogP contribution in [-0.2, 0) is 22.6 Å². The van der Waals surface area contributed by atoms with Crippen LogP contribution in [0.4, 0.5) is 19.3 Å². The standard InChI is InChI=1S/C29H23F2N3O5/c30-21-10-6-18(7-11-21)16-32-28(36)25-26(39-29(37)34(25)17-19-3-1-4-22(31)15-19)20-8-12-23(13-9-20)33-27(35)24-5-2-14-38-24/h1-15,25-26H,16-17H2,(H,32,36)(H,33,35). The number of amides is 3. The van der Waals surface area contributed by atoms with Crippen LogP contribution in [0.2, 0.25) is 0 Å². The predicted octanol–water partition coefficient (Wildman–Crippen LogP) is 5.19. The van der Waals surface area contributed by atoms with E-state index in [9.17, 15) is 23.2 Å². The molecule has 39 heavy (non-hydrogen) atoms. The third kappa shape index (κ3) is 5.96. The van der Waals surface area contributed by atoms with E-state index in [1.807, 2.05) is 0 Å². The highest BCUT2D eigenvalue weighted by Gasteiger charge is 2.47. The van der Waals surface area contributed by atoms with Gasteiger partial charge in [0, 0.05) is 12.2 Å². The van der Waals surface area contributed by atoms with E-state index in [-0.39, 0.29) is 18.8 Å². The van der Waals surface area contributed by atoms with Crippen LogP contribution in [0.15, 0.2) is 95.6 Å².